The molecule has 1 aliphatic heterocycles. The van der Waals surface area contributed by atoms with Crippen LogP contribution in [0.25, 0.3) is 12.3 Å². The second-order valence-corrected chi connectivity index (χ2v) is 10.0. The van der Waals surface area contributed by atoms with Gasteiger partial charge in [0.25, 0.3) is 0 Å². The lowest BCUT2D eigenvalue weighted by Crippen LogP contribution is -2.55. The Hall–Kier alpha value is -4.28. The second-order valence-electron chi connectivity index (χ2n) is 10.0. The van der Waals surface area contributed by atoms with Crippen molar-refractivity contribution in [2.24, 2.45) is 11.8 Å². The first-order valence-corrected chi connectivity index (χ1v) is 12.8. The monoisotopic (exact) mass is 536 g/mol. The minimum atomic E-state index is -0.915. The van der Waals surface area contributed by atoms with Crippen LogP contribution in [0, 0.1) is 11.8 Å². The van der Waals surface area contributed by atoms with Gasteiger partial charge in [-0.3, -0.25) is 19.2 Å². The zero-order valence-corrected chi connectivity index (χ0v) is 23.0. The Morgan fingerprint density at radius 1 is 1.13 bits per heavy atom. The molecule has 11 heteroatoms. The van der Waals surface area contributed by atoms with E-state index in [9.17, 15) is 19.2 Å². The topological polar surface area (TPSA) is 136 Å². The highest BCUT2D eigenvalue weighted by molar-refractivity contribution is 5.93. The minimum Gasteiger partial charge on any atom is -0.454 e. The summed E-state index contributed by atoms with van der Waals surface area (Å²) in [7, 11) is 1.50. The number of hydrogen-bond acceptors (Lipinski definition) is 7. The average Bonchev–Trinajstić information content (AvgIpc) is 3.37. The lowest BCUT2D eigenvalue weighted by atomic mass is 9.92. The number of carbonyl (C=O) groups excluding carboxylic acids is 4. The third-order valence-electron chi connectivity index (χ3n) is 6.60. The average molecular weight is 537 g/mol. The van der Waals surface area contributed by atoms with Gasteiger partial charge in [-0.25, -0.2) is 4.68 Å². The molecule has 0 bridgehead atoms. The summed E-state index contributed by atoms with van der Waals surface area (Å²) in [6.07, 6.45) is 4.19. The first kappa shape index (κ1) is 29.3. The van der Waals surface area contributed by atoms with E-state index in [0.717, 1.165) is 5.56 Å². The number of nitrogens with one attached hydrogen (secondary N) is 2. The molecule has 1 saturated heterocycles. The third kappa shape index (κ3) is 7.62. The number of benzene rings is 1. The molecule has 1 aromatic carbocycles. The number of nitrogens with zero attached hydrogens (tertiary/aromatic N) is 4. The summed E-state index contributed by atoms with van der Waals surface area (Å²) in [5, 5.41) is 13.6. The molecular formula is C28H36N6O5. The van der Waals surface area contributed by atoms with Gasteiger partial charge >= 0.3 is 5.97 Å². The summed E-state index contributed by atoms with van der Waals surface area (Å²) in [6, 6.07) is 7.93. The Balaban J connectivity index is 1.88. The van der Waals surface area contributed by atoms with Crippen LogP contribution in [-0.4, -0.2) is 69.3 Å². The largest absolute Gasteiger partial charge is 0.454 e. The predicted molar refractivity (Wildman–Crippen MR) is 145 cm³/mol. The summed E-state index contributed by atoms with van der Waals surface area (Å²) in [6.45, 7) is 10.5. The van der Waals surface area contributed by atoms with Crippen LogP contribution in [0.15, 0.2) is 48.7 Å². The quantitative estimate of drug-likeness (QED) is 0.452. The highest BCUT2D eigenvalue weighted by Gasteiger charge is 2.34. The fraction of sp³-hybridized carbons (Fsp3) is 0.429. The molecule has 0 radical (unpaired) electrons. The molecule has 11 nitrogen and oxygen atoms in total. The van der Waals surface area contributed by atoms with Gasteiger partial charge in [0.15, 0.2) is 6.10 Å². The van der Waals surface area contributed by atoms with Crippen molar-refractivity contribution in [3.63, 3.8) is 0 Å². The van der Waals surface area contributed by atoms with Gasteiger partial charge in [0, 0.05) is 25.6 Å². The molecule has 208 valence electrons. The number of rotatable bonds is 4. The normalized spacial score (nSPS) is 24.3. The first-order chi connectivity index (χ1) is 18.5. The van der Waals surface area contributed by atoms with E-state index < -0.39 is 54.3 Å². The first-order valence-electron chi connectivity index (χ1n) is 12.8. The fourth-order valence-electron chi connectivity index (χ4n) is 4.39. The maximum Gasteiger partial charge on any atom is 0.326 e. The van der Waals surface area contributed by atoms with Crippen LogP contribution in [0.5, 0.6) is 0 Å². The Labute approximate surface area is 228 Å². The van der Waals surface area contributed by atoms with E-state index in [0.29, 0.717) is 11.3 Å². The van der Waals surface area contributed by atoms with E-state index in [1.54, 1.807) is 40.1 Å². The maximum absolute atomic E-state index is 13.0. The van der Waals surface area contributed by atoms with Crippen molar-refractivity contribution in [2.75, 3.05) is 13.6 Å². The molecule has 0 spiro atoms. The SMILES string of the molecule is C=C1CC(=O)N[C@@H](C)C(=O)N(C)C(C(C)C)C(=O)NCC(=O)OC(c2cn(/C=C/c3ccccc3)nn2)[C@@H]1C. The number of amides is 3. The van der Waals surface area contributed by atoms with Crippen LogP contribution in [0.3, 0.4) is 0 Å². The van der Waals surface area contributed by atoms with Crippen molar-refractivity contribution in [3.05, 3.63) is 59.9 Å². The van der Waals surface area contributed by atoms with Crippen LogP contribution < -0.4 is 10.6 Å². The highest BCUT2D eigenvalue weighted by Crippen LogP contribution is 2.31. The highest BCUT2D eigenvalue weighted by atomic mass is 16.5. The van der Waals surface area contributed by atoms with E-state index in [-0.39, 0.29) is 12.3 Å². The molecule has 0 saturated carbocycles. The van der Waals surface area contributed by atoms with Crippen LogP contribution in [0.1, 0.15) is 51.5 Å². The van der Waals surface area contributed by atoms with Crippen molar-refractivity contribution in [3.8, 4) is 0 Å². The van der Waals surface area contributed by atoms with Crippen LogP contribution in [0.4, 0.5) is 0 Å². The molecular weight excluding hydrogens is 500 g/mol. The summed E-state index contributed by atoms with van der Waals surface area (Å²) < 4.78 is 7.25. The number of cyclic esters (lactones) is 1. The summed E-state index contributed by atoms with van der Waals surface area (Å²) in [4.78, 5) is 52.9. The Bertz CT molecular complexity index is 1240. The van der Waals surface area contributed by atoms with Crippen molar-refractivity contribution in [2.45, 2.75) is 52.3 Å². The Kier molecular flexibility index (Phi) is 9.75. The summed E-state index contributed by atoms with van der Waals surface area (Å²) in [5.41, 5.74) is 1.80. The molecule has 3 rings (SSSR count). The molecule has 2 heterocycles. The van der Waals surface area contributed by atoms with Gasteiger partial charge in [-0.15, -0.1) is 5.10 Å². The minimum absolute atomic E-state index is 0.0939. The number of likely N-dealkylation sites (N-methyl/N-ethyl adjacent to an activating group) is 1. The summed E-state index contributed by atoms with van der Waals surface area (Å²) >= 11 is 0. The molecule has 2 N–H and O–H groups in total. The number of aromatic nitrogens is 3. The van der Waals surface area contributed by atoms with E-state index in [2.05, 4.69) is 27.5 Å². The lowest BCUT2D eigenvalue weighted by Gasteiger charge is -2.32. The standard InChI is InChI=1S/C28H36N6O5/c1-17(2)25-27(37)29-15-24(36)39-26(19(4)18(3)14-23(35)30-20(5)28(38)33(25)6)22-16-34(32-31-22)13-12-21-10-8-7-9-11-21/h7-13,16-17,19-20,25-26H,3,14-15H2,1-2,4-6H3,(H,29,37)(H,30,35)/b13-12+/t19-,20+,25?,26?/m1/s1. The van der Waals surface area contributed by atoms with Gasteiger partial charge in [0.2, 0.25) is 17.7 Å². The van der Waals surface area contributed by atoms with Gasteiger partial charge in [0.1, 0.15) is 24.3 Å². The molecule has 2 aromatic rings. The Morgan fingerprint density at radius 2 is 1.82 bits per heavy atom. The molecule has 1 aliphatic rings. The van der Waals surface area contributed by atoms with Gasteiger partial charge in [0.05, 0.1) is 6.20 Å². The van der Waals surface area contributed by atoms with Gasteiger partial charge in [-0.2, -0.15) is 0 Å². The van der Waals surface area contributed by atoms with Crippen LogP contribution >= 0.6 is 0 Å². The lowest BCUT2D eigenvalue weighted by molar-refractivity contribution is -0.152. The third-order valence-corrected chi connectivity index (χ3v) is 6.60. The fourth-order valence-corrected chi connectivity index (χ4v) is 4.39. The van der Waals surface area contributed by atoms with Crippen molar-refractivity contribution in [1.29, 1.82) is 0 Å². The van der Waals surface area contributed by atoms with E-state index >= 15 is 0 Å². The van der Waals surface area contributed by atoms with Crippen LogP contribution in [-0.2, 0) is 23.9 Å². The van der Waals surface area contributed by atoms with E-state index in [1.165, 1.54) is 16.6 Å². The molecule has 1 fully saturated rings. The number of hydrogen-bond donors (Lipinski definition) is 2. The zero-order valence-electron chi connectivity index (χ0n) is 23.0. The molecule has 39 heavy (non-hydrogen) atoms. The van der Waals surface area contributed by atoms with Crippen molar-refractivity contribution < 1.29 is 23.9 Å². The molecule has 2 unspecified atom stereocenters. The number of carbonyl (C=O) groups is 4. The smallest absolute Gasteiger partial charge is 0.326 e. The zero-order chi connectivity index (χ0) is 28.7. The number of ether oxygens (including phenoxy) is 1. The van der Waals surface area contributed by atoms with Gasteiger partial charge < -0.3 is 20.3 Å². The van der Waals surface area contributed by atoms with Crippen molar-refractivity contribution in [1.82, 2.24) is 30.5 Å². The second kappa shape index (κ2) is 13.0. The Morgan fingerprint density at radius 3 is 2.49 bits per heavy atom. The van der Waals surface area contributed by atoms with Gasteiger partial charge in [-0.05, 0) is 24.5 Å². The van der Waals surface area contributed by atoms with Gasteiger partial charge in [-0.1, -0.05) is 68.5 Å². The number of esters is 1. The van der Waals surface area contributed by atoms with E-state index in [4.69, 9.17) is 4.74 Å². The van der Waals surface area contributed by atoms with E-state index in [1.807, 2.05) is 36.4 Å². The molecule has 3 amide bonds. The molecule has 1 aromatic heterocycles. The maximum atomic E-state index is 13.0. The predicted octanol–water partition coefficient (Wildman–Crippen LogP) is 2.19. The molecule has 4 atom stereocenters. The van der Waals surface area contributed by atoms with Crippen molar-refractivity contribution >= 4 is 36.0 Å². The van der Waals surface area contributed by atoms with Crippen LogP contribution in [0.2, 0.25) is 0 Å². The summed E-state index contributed by atoms with van der Waals surface area (Å²) in [5.74, 6) is -2.82. The molecule has 0 aliphatic carbocycles.